The number of aromatic nitrogens is 1. The lowest BCUT2D eigenvalue weighted by molar-refractivity contribution is -0.122. The summed E-state index contributed by atoms with van der Waals surface area (Å²) in [5, 5.41) is 15.7. The molecule has 1 saturated heterocycles. The third-order valence-electron chi connectivity index (χ3n) is 3.40. The molecule has 0 atom stereocenters. The van der Waals surface area contributed by atoms with E-state index in [4.69, 9.17) is 5.11 Å². The number of hydrogen-bond donors (Lipinski definition) is 3. The molecule has 0 bridgehead atoms. The number of amides is 1. The average molecular weight is 297 g/mol. The largest absolute Gasteiger partial charge is 0.477 e. The highest BCUT2D eigenvalue weighted by Crippen LogP contribution is 2.18. The molecule has 1 amide bonds. The number of thiazole rings is 1. The van der Waals surface area contributed by atoms with Crippen LogP contribution in [-0.4, -0.2) is 35.1 Å². The van der Waals surface area contributed by atoms with E-state index in [0.717, 1.165) is 37.3 Å². The summed E-state index contributed by atoms with van der Waals surface area (Å²) in [6.07, 6.45) is 2.61. The van der Waals surface area contributed by atoms with Gasteiger partial charge in [0.25, 0.3) is 0 Å². The van der Waals surface area contributed by atoms with Crippen LogP contribution in [-0.2, 0) is 11.3 Å². The molecule has 1 aromatic heterocycles. The predicted molar refractivity (Wildman–Crippen MR) is 75.9 cm³/mol. The van der Waals surface area contributed by atoms with E-state index in [1.165, 1.54) is 0 Å². The van der Waals surface area contributed by atoms with Crippen molar-refractivity contribution in [3.8, 4) is 0 Å². The van der Waals surface area contributed by atoms with Crippen LogP contribution >= 0.6 is 11.3 Å². The molecule has 6 nitrogen and oxygen atoms in total. The number of carboxylic acid groups (broad SMARTS) is 1. The van der Waals surface area contributed by atoms with Gasteiger partial charge in [0.2, 0.25) is 5.91 Å². The van der Waals surface area contributed by atoms with E-state index in [0.29, 0.717) is 29.6 Å². The van der Waals surface area contributed by atoms with E-state index < -0.39 is 5.97 Å². The molecular weight excluding hydrogens is 278 g/mol. The van der Waals surface area contributed by atoms with Crippen LogP contribution in [0.15, 0.2) is 0 Å². The summed E-state index contributed by atoms with van der Waals surface area (Å²) in [7, 11) is 0. The minimum atomic E-state index is -0.965. The highest BCUT2D eigenvalue weighted by atomic mass is 32.1. The van der Waals surface area contributed by atoms with Gasteiger partial charge in [-0.25, -0.2) is 9.78 Å². The molecule has 1 aromatic rings. The maximum Gasteiger partial charge on any atom is 0.347 e. The Balaban J connectivity index is 1.80. The van der Waals surface area contributed by atoms with Gasteiger partial charge in [-0.2, -0.15) is 0 Å². The lowest BCUT2D eigenvalue weighted by Crippen LogP contribution is -2.32. The van der Waals surface area contributed by atoms with E-state index in [-0.39, 0.29) is 10.8 Å². The molecule has 3 N–H and O–H groups in total. The van der Waals surface area contributed by atoms with E-state index in [1.807, 2.05) is 0 Å². The molecule has 1 aliphatic heterocycles. The van der Waals surface area contributed by atoms with Crippen LogP contribution in [0.3, 0.4) is 0 Å². The molecule has 0 aromatic carbocycles. The monoisotopic (exact) mass is 297 g/mol. The van der Waals surface area contributed by atoms with Crippen molar-refractivity contribution in [1.82, 2.24) is 15.6 Å². The third-order valence-corrected chi connectivity index (χ3v) is 4.55. The van der Waals surface area contributed by atoms with Crippen LogP contribution < -0.4 is 10.6 Å². The van der Waals surface area contributed by atoms with Crippen molar-refractivity contribution in [2.24, 2.45) is 5.92 Å². The van der Waals surface area contributed by atoms with Crippen LogP contribution in [0.25, 0.3) is 0 Å². The molecule has 0 spiro atoms. The summed E-state index contributed by atoms with van der Waals surface area (Å²) in [6, 6.07) is 0. The van der Waals surface area contributed by atoms with Gasteiger partial charge in [-0.15, -0.1) is 11.3 Å². The van der Waals surface area contributed by atoms with Crippen molar-refractivity contribution in [1.29, 1.82) is 0 Å². The van der Waals surface area contributed by atoms with E-state index in [2.05, 4.69) is 15.6 Å². The number of nitrogens with zero attached hydrogens (tertiary/aromatic N) is 1. The fraction of sp³-hybridized carbons (Fsp3) is 0.615. The van der Waals surface area contributed by atoms with Crippen molar-refractivity contribution >= 4 is 23.2 Å². The van der Waals surface area contributed by atoms with Crippen LogP contribution in [0.2, 0.25) is 0 Å². The van der Waals surface area contributed by atoms with Crippen molar-refractivity contribution < 1.29 is 14.7 Å². The Kier molecular flexibility index (Phi) is 5.08. The molecule has 110 valence electrons. The van der Waals surface area contributed by atoms with Gasteiger partial charge in [0.15, 0.2) is 0 Å². The minimum absolute atomic E-state index is 0.0154. The van der Waals surface area contributed by atoms with Gasteiger partial charge in [-0.3, -0.25) is 4.79 Å². The lowest BCUT2D eigenvalue weighted by Gasteiger charge is -2.21. The first-order valence-electron chi connectivity index (χ1n) is 6.73. The van der Waals surface area contributed by atoms with Gasteiger partial charge in [0.1, 0.15) is 9.88 Å². The summed E-state index contributed by atoms with van der Waals surface area (Å²) in [5.41, 5.74) is 0.505. The molecule has 2 rings (SSSR count). The van der Waals surface area contributed by atoms with Crippen LogP contribution in [0, 0.1) is 12.8 Å². The fourth-order valence-corrected chi connectivity index (χ4v) is 3.16. The second kappa shape index (κ2) is 6.81. The number of carbonyl (C=O) groups excluding carboxylic acids is 1. The van der Waals surface area contributed by atoms with Crippen molar-refractivity contribution in [2.45, 2.75) is 32.7 Å². The second-order valence-electron chi connectivity index (χ2n) is 5.00. The molecule has 0 radical (unpaired) electrons. The SMILES string of the molecule is Cc1nc(CNC(=O)CC2CCNCC2)sc1C(=O)O. The zero-order valence-electron chi connectivity index (χ0n) is 11.4. The molecule has 0 unspecified atom stereocenters. The number of carbonyl (C=O) groups is 2. The number of carboxylic acids is 1. The number of aryl methyl sites for hydroxylation is 1. The predicted octanol–water partition coefficient (Wildman–Crippen LogP) is 1.16. The zero-order valence-corrected chi connectivity index (χ0v) is 12.3. The number of aromatic carboxylic acids is 1. The van der Waals surface area contributed by atoms with Crippen molar-refractivity contribution in [3.05, 3.63) is 15.6 Å². The average Bonchev–Trinajstić information content (AvgIpc) is 2.79. The Labute approximate surface area is 121 Å². The Hall–Kier alpha value is -1.47. The summed E-state index contributed by atoms with van der Waals surface area (Å²) < 4.78 is 0. The molecule has 7 heteroatoms. The first-order chi connectivity index (χ1) is 9.56. The summed E-state index contributed by atoms with van der Waals surface area (Å²) in [6.45, 7) is 3.93. The van der Waals surface area contributed by atoms with Gasteiger partial charge < -0.3 is 15.7 Å². The van der Waals surface area contributed by atoms with Gasteiger partial charge in [0, 0.05) is 6.42 Å². The number of rotatable bonds is 5. The maximum atomic E-state index is 11.8. The summed E-state index contributed by atoms with van der Waals surface area (Å²) in [5.74, 6) is -0.502. The molecule has 20 heavy (non-hydrogen) atoms. The zero-order chi connectivity index (χ0) is 14.5. The molecule has 1 aliphatic rings. The quantitative estimate of drug-likeness (QED) is 0.758. The smallest absolute Gasteiger partial charge is 0.347 e. The standard InChI is InChI=1S/C13H19N3O3S/c1-8-12(13(18)19)20-11(16-8)7-15-10(17)6-9-2-4-14-5-3-9/h9,14H,2-7H2,1H3,(H,15,17)(H,18,19). The number of hydrogen-bond acceptors (Lipinski definition) is 5. The van der Waals surface area contributed by atoms with Gasteiger partial charge >= 0.3 is 5.97 Å². The normalized spacial score (nSPS) is 16.1. The van der Waals surface area contributed by atoms with Crippen molar-refractivity contribution in [2.75, 3.05) is 13.1 Å². The second-order valence-corrected chi connectivity index (χ2v) is 6.09. The number of nitrogens with one attached hydrogen (secondary N) is 2. The Bertz CT molecular complexity index is 495. The summed E-state index contributed by atoms with van der Waals surface area (Å²) in [4.78, 5) is 27.2. The first kappa shape index (κ1) is 14.9. The fourth-order valence-electron chi connectivity index (χ4n) is 2.32. The van der Waals surface area contributed by atoms with E-state index in [1.54, 1.807) is 6.92 Å². The van der Waals surface area contributed by atoms with Crippen LogP contribution in [0.5, 0.6) is 0 Å². The van der Waals surface area contributed by atoms with E-state index >= 15 is 0 Å². The van der Waals surface area contributed by atoms with Crippen LogP contribution in [0.4, 0.5) is 0 Å². The molecular formula is C13H19N3O3S. The first-order valence-corrected chi connectivity index (χ1v) is 7.55. The number of piperidine rings is 1. The van der Waals surface area contributed by atoms with Crippen LogP contribution in [0.1, 0.15) is 39.6 Å². The summed E-state index contributed by atoms with van der Waals surface area (Å²) >= 11 is 1.12. The van der Waals surface area contributed by atoms with Gasteiger partial charge in [-0.1, -0.05) is 0 Å². The Morgan fingerprint density at radius 1 is 1.45 bits per heavy atom. The molecule has 0 aliphatic carbocycles. The molecule has 1 fully saturated rings. The Morgan fingerprint density at radius 2 is 2.15 bits per heavy atom. The van der Waals surface area contributed by atoms with Gasteiger partial charge in [0.05, 0.1) is 12.2 Å². The molecule has 2 heterocycles. The lowest BCUT2D eigenvalue weighted by atomic mass is 9.94. The highest BCUT2D eigenvalue weighted by Gasteiger charge is 2.18. The Morgan fingerprint density at radius 3 is 2.75 bits per heavy atom. The minimum Gasteiger partial charge on any atom is -0.477 e. The molecule has 0 saturated carbocycles. The van der Waals surface area contributed by atoms with Gasteiger partial charge in [-0.05, 0) is 38.8 Å². The van der Waals surface area contributed by atoms with E-state index in [9.17, 15) is 9.59 Å². The third kappa shape index (κ3) is 4.01. The maximum absolute atomic E-state index is 11.8. The highest BCUT2D eigenvalue weighted by molar-refractivity contribution is 7.13. The topological polar surface area (TPSA) is 91.3 Å². The van der Waals surface area contributed by atoms with Crippen molar-refractivity contribution in [3.63, 3.8) is 0 Å².